The number of ether oxygens (including phenoxy) is 2. The maximum Gasteiger partial charge on any atom is 0.260 e. The molecule has 1 aromatic heterocycles. The van der Waals surface area contributed by atoms with Gasteiger partial charge in [0.25, 0.3) is 11.8 Å². The number of aromatic nitrogens is 2. The molecule has 1 fully saturated rings. The summed E-state index contributed by atoms with van der Waals surface area (Å²) in [7, 11) is 1.58. The van der Waals surface area contributed by atoms with Crippen LogP contribution in [-0.4, -0.2) is 65.7 Å². The van der Waals surface area contributed by atoms with Crippen molar-refractivity contribution in [1.29, 1.82) is 0 Å². The number of methoxy groups -OCH3 is 1. The van der Waals surface area contributed by atoms with Gasteiger partial charge in [0, 0.05) is 45.4 Å². The smallest absolute Gasteiger partial charge is 0.260 e. The first-order valence-corrected chi connectivity index (χ1v) is 10.4. The van der Waals surface area contributed by atoms with Gasteiger partial charge in [0.15, 0.2) is 6.61 Å². The van der Waals surface area contributed by atoms with Gasteiger partial charge in [0.05, 0.1) is 0 Å². The van der Waals surface area contributed by atoms with Gasteiger partial charge in [-0.25, -0.2) is 4.39 Å². The quantitative estimate of drug-likeness (QED) is 0.533. The Morgan fingerprint density at radius 2 is 1.91 bits per heavy atom. The lowest BCUT2D eigenvalue weighted by molar-refractivity contribution is -0.135. The Balaban J connectivity index is 1.26. The third kappa shape index (κ3) is 5.68. The molecule has 0 atom stereocenters. The van der Waals surface area contributed by atoms with E-state index in [4.69, 9.17) is 14.0 Å². The van der Waals surface area contributed by atoms with E-state index in [1.807, 2.05) is 12.1 Å². The van der Waals surface area contributed by atoms with E-state index in [-0.39, 0.29) is 24.9 Å². The van der Waals surface area contributed by atoms with Crippen LogP contribution in [0.4, 0.5) is 4.39 Å². The highest BCUT2D eigenvalue weighted by Crippen LogP contribution is 2.19. The topological polar surface area (TPSA) is 80.9 Å². The predicted octanol–water partition coefficient (Wildman–Crippen LogP) is 2.75. The molecule has 0 unspecified atom stereocenters. The lowest BCUT2D eigenvalue weighted by Gasteiger charge is -2.34. The Hall–Kier alpha value is -3.30. The second kappa shape index (κ2) is 10.3. The van der Waals surface area contributed by atoms with Crippen LogP contribution in [0.1, 0.15) is 11.5 Å². The standard InChI is InChI=1S/C23H25FN4O4/c1-30-15-21-25-23(26-32-21)18-4-2-3-17(13-18)14-27-9-11-28(12-10-27)22(29)16-31-20-7-5-19(24)6-8-20/h2-8,13H,9-12,14-16H2,1H3. The molecule has 0 radical (unpaired) electrons. The third-order valence-corrected chi connectivity index (χ3v) is 5.23. The molecular formula is C23H25FN4O4. The molecular weight excluding hydrogens is 415 g/mol. The first-order chi connectivity index (χ1) is 15.6. The van der Waals surface area contributed by atoms with Crippen molar-refractivity contribution in [1.82, 2.24) is 19.9 Å². The molecule has 168 valence electrons. The Morgan fingerprint density at radius 3 is 2.66 bits per heavy atom. The van der Waals surface area contributed by atoms with Crippen LogP contribution < -0.4 is 4.74 Å². The number of carbonyl (C=O) groups excluding carboxylic acids is 1. The van der Waals surface area contributed by atoms with Crippen molar-refractivity contribution in [3.63, 3.8) is 0 Å². The predicted molar refractivity (Wildman–Crippen MR) is 114 cm³/mol. The number of benzene rings is 2. The minimum absolute atomic E-state index is 0.0521. The number of piperazine rings is 1. The van der Waals surface area contributed by atoms with Crippen LogP contribution in [0, 0.1) is 5.82 Å². The Bertz CT molecular complexity index is 1030. The van der Waals surface area contributed by atoms with Crippen molar-refractivity contribution in [2.75, 3.05) is 39.9 Å². The molecule has 32 heavy (non-hydrogen) atoms. The maximum absolute atomic E-state index is 13.0. The fourth-order valence-corrected chi connectivity index (χ4v) is 3.54. The summed E-state index contributed by atoms with van der Waals surface area (Å²) in [6.45, 7) is 3.81. The highest BCUT2D eigenvalue weighted by molar-refractivity contribution is 5.77. The number of amides is 1. The number of nitrogens with zero attached hydrogens (tertiary/aromatic N) is 4. The molecule has 8 nitrogen and oxygen atoms in total. The molecule has 0 spiro atoms. The van der Waals surface area contributed by atoms with E-state index < -0.39 is 0 Å². The number of hydrogen-bond acceptors (Lipinski definition) is 7. The van der Waals surface area contributed by atoms with E-state index in [2.05, 4.69) is 27.2 Å². The zero-order valence-electron chi connectivity index (χ0n) is 17.9. The van der Waals surface area contributed by atoms with Gasteiger partial charge in [0.2, 0.25) is 5.82 Å². The molecule has 0 saturated carbocycles. The lowest BCUT2D eigenvalue weighted by Crippen LogP contribution is -2.49. The Morgan fingerprint density at radius 1 is 1.12 bits per heavy atom. The highest BCUT2D eigenvalue weighted by Gasteiger charge is 2.21. The fourth-order valence-electron chi connectivity index (χ4n) is 3.54. The van der Waals surface area contributed by atoms with Crippen molar-refractivity contribution in [2.45, 2.75) is 13.2 Å². The zero-order valence-corrected chi connectivity index (χ0v) is 17.9. The van der Waals surface area contributed by atoms with Crippen LogP contribution in [0.15, 0.2) is 53.1 Å². The second-order valence-electron chi connectivity index (χ2n) is 7.54. The molecule has 1 aliphatic heterocycles. The van der Waals surface area contributed by atoms with Gasteiger partial charge in [-0.15, -0.1) is 0 Å². The van der Waals surface area contributed by atoms with Gasteiger partial charge >= 0.3 is 0 Å². The van der Waals surface area contributed by atoms with Gasteiger partial charge in [-0.3, -0.25) is 9.69 Å². The van der Waals surface area contributed by atoms with E-state index in [9.17, 15) is 9.18 Å². The van der Waals surface area contributed by atoms with Gasteiger partial charge in [-0.05, 0) is 35.9 Å². The van der Waals surface area contributed by atoms with E-state index in [1.165, 1.54) is 24.3 Å². The molecule has 0 N–H and O–H groups in total. The summed E-state index contributed by atoms with van der Waals surface area (Å²) in [6.07, 6.45) is 0. The number of carbonyl (C=O) groups is 1. The normalized spacial score (nSPS) is 14.5. The number of hydrogen-bond donors (Lipinski definition) is 0. The largest absolute Gasteiger partial charge is 0.484 e. The zero-order chi connectivity index (χ0) is 22.3. The molecule has 2 heterocycles. The molecule has 4 rings (SSSR count). The minimum atomic E-state index is -0.335. The summed E-state index contributed by atoms with van der Waals surface area (Å²) in [5.74, 6) is 1.06. The summed E-state index contributed by atoms with van der Waals surface area (Å²) in [5, 5.41) is 4.01. The number of halogens is 1. The maximum atomic E-state index is 13.0. The van der Waals surface area contributed by atoms with Crippen molar-refractivity contribution in [2.24, 2.45) is 0 Å². The summed E-state index contributed by atoms with van der Waals surface area (Å²) in [4.78, 5) is 20.9. The van der Waals surface area contributed by atoms with Gasteiger partial charge in [-0.2, -0.15) is 4.98 Å². The Labute approximate surface area is 185 Å². The molecule has 3 aromatic rings. The Kier molecular flexibility index (Phi) is 7.08. The summed E-state index contributed by atoms with van der Waals surface area (Å²) >= 11 is 0. The molecule has 2 aromatic carbocycles. The van der Waals surface area contributed by atoms with Crippen molar-refractivity contribution in [3.8, 4) is 17.1 Å². The van der Waals surface area contributed by atoms with Crippen LogP contribution in [0.25, 0.3) is 11.4 Å². The monoisotopic (exact) mass is 440 g/mol. The lowest BCUT2D eigenvalue weighted by atomic mass is 10.1. The summed E-state index contributed by atoms with van der Waals surface area (Å²) in [5.41, 5.74) is 2.03. The van der Waals surface area contributed by atoms with Crippen molar-refractivity contribution in [3.05, 3.63) is 65.8 Å². The first-order valence-electron chi connectivity index (χ1n) is 10.4. The van der Waals surface area contributed by atoms with Gasteiger partial charge in [-0.1, -0.05) is 23.4 Å². The third-order valence-electron chi connectivity index (χ3n) is 5.23. The molecule has 9 heteroatoms. The van der Waals surface area contributed by atoms with Crippen LogP contribution in [0.2, 0.25) is 0 Å². The van der Waals surface area contributed by atoms with Crippen LogP contribution in [0.3, 0.4) is 0 Å². The molecule has 0 bridgehead atoms. The van der Waals surface area contributed by atoms with Crippen LogP contribution in [0.5, 0.6) is 5.75 Å². The second-order valence-corrected chi connectivity index (χ2v) is 7.54. The van der Waals surface area contributed by atoms with Crippen molar-refractivity contribution < 1.29 is 23.2 Å². The SMILES string of the molecule is COCc1nc(-c2cccc(CN3CCN(C(=O)COc4ccc(F)cc4)CC3)c2)no1. The van der Waals surface area contributed by atoms with Gasteiger partial charge in [0.1, 0.15) is 18.2 Å². The first kappa shape index (κ1) is 21.9. The highest BCUT2D eigenvalue weighted by atomic mass is 19.1. The van der Waals surface area contributed by atoms with E-state index in [0.29, 0.717) is 30.6 Å². The van der Waals surface area contributed by atoms with Gasteiger partial charge < -0.3 is 18.9 Å². The molecule has 1 aliphatic rings. The molecule has 1 saturated heterocycles. The van der Waals surface area contributed by atoms with E-state index in [0.717, 1.165) is 30.8 Å². The minimum Gasteiger partial charge on any atom is -0.484 e. The summed E-state index contributed by atoms with van der Waals surface area (Å²) < 4.78 is 28.6. The van der Waals surface area contributed by atoms with Crippen LogP contribution in [-0.2, 0) is 22.7 Å². The van der Waals surface area contributed by atoms with Crippen molar-refractivity contribution >= 4 is 5.91 Å². The number of rotatable bonds is 8. The fraction of sp³-hybridized carbons (Fsp3) is 0.348. The van der Waals surface area contributed by atoms with Crippen LogP contribution >= 0.6 is 0 Å². The molecule has 0 aliphatic carbocycles. The average molecular weight is 440 g/mol. The molecule has 1 amide bonds. The summed E-state index contributed by atoms with van der Waals surface area (Å²) in [6, 6.07) is 13.7. The van der Waals surface area contributed by atoms with E-state index >= 15 is 0 Å². The van der Waals surface area contributed by atoms with E-state index in [1.54, 1.807) is 12.0 Å². The average Bonchev–Trinajstić information content (AvgIpc) is 3.28.